The maximum atomic E-state index is 12.2. The molecular formula is C16H23ClN2O2. The lowest BCUT2D eigenvalue weighted by atomic mass is 10.1. The molecule has 1 aromatic carbocycles. The topological polar surface area (TPSA) is 32.8 Å². The third-order valence-corrected chi connectivity index (χ3v) is 4.18. The number of likely N-dealkylation sites (N-methyl/N-ethyl adjacent to an activating group) is 1. The molecule has 2 rings (SSSR count). The minimum absolute atomic E-state index is 0.0866. The Bertz CT molecular complexity index is 487. The highest BCUT2D eigenvalue weighted by atomic mass is 35.5. The second kappa shape index (κ2) is 7.78. The number of hydrogen-bond acceptors (Lipinski definition) is 4. The van der Waals surface area contributed by atoms with Gasteiger partial charge in [-0.05, 0) is 51.2 Å². The van der Waals surface area contributed by atoms with Gasteiger partial charge in [0.1, 0.15) is 5.75 Å². The van der Waals surface area contributed by atoms with E-state index < -0.39 is 0 Å². The van der Waals surface area contributed by atoms with Gasteiger partial charge in [0.2, 0.25) is 0 Å². The van der Waals surface area contributed by atoms with Crippen LogP contribution in [0.1, 0.15) is 23.2 Å². The third kappa shape index (κ3) is 4.70. The highest BCUT2D eigenvalue weighted by Crippen LogP contribution is 2.25. The number of benzene rings is 1. The highest BCUT2D eigenvalue weighted by Gasteiger charge is 2.14. The standard InChI is InChI=1S/C16H23ClN2O2/c1-18(9-10-19-7-3-4-8-19)12-15(20)13-5-6-16(21-2)14(17)11-13/h5-6,11H,3-4,7-10,12H2,1-2H3. The van der Waals surface area contributed by atoms with Gasteiger partial charge in [-0.25, -0.2) is 0 Å². The average Bonchev–Trinajstić information content (AvgIpc) is 2.98. The average molecular weight is 311 g/mol. The number of Topliss-reactive ketones (excluding diaryl/α,β-unsaturated/α-hetero) is 1. The molecule has 5 heteroatoms. The van der Waals surface area contributed by atoms with Gasteiger partial charge in [0, 0.05) is 18.7 Å². The molecule has 0 aliphatic carbocycles. The molecular weight excluding hydrogens is 288 g/mol. The fourth-order valence-corrected chi connectivity index (χ4v) is 2.83. The third-order valence-electron chi connectivity index (χ3n) is 3.88. The zero-order valence-electron chi connectivity index (χ0n) is 12.8. The summed E-state index contributed by atoms with van der Waals surface area (Å²) >= 11 is 6.06. The number of carbonyl (C=O) groups is 1. The van der Waals surface area contributed by atoms with E-state index in [4.69, 9.17) is 16.3 Å². The van der Waals surface area contributed by atoms with Crippen LogP contribution in [-0.4, -0.2) is 62.5 Å². The van der Waals surface area contributed by atoms with Gasteiger partial charge in [-0.1, -0.05) is 11.6 Å². The van der Waals surface area contributed by atoms with Gasteiger partial charge in [0.15, 0.2) is 5.78 Å². The molecule has 1 aliphatic heterocycles. The van der Waals surface area contributed by atoms with E-state index in [1.165, 1.54) is 25.9 Å². The molecule has 0 bridgehead atoms. The molecule has 0 radical (unpaired) electrons. The summed E-state index contributed by atoms with van der Waals surface area (Å²) in [4.78, 5) is 16.8. The zero-order valence-corrected chi connectivity index (χ0v) is 13.5. The van der Waals surface area contributed by atoms with Crippen LogP contribution < -0.4 is 4.74 Å². The van der Waals surface area contributed by atoms with Crippen LogP contribution in [0.25, 0.3) is 0 Å². The molecule has 0 aromatic heterocycles. The van der Waals surface area contributed by atoms with Crippen molar-refractivity contribution in [2.24, 2.45) is 0 Å². The van der Waals surface area contributed by atoms with E-state index in [0.717, 1.165) is 13.1 Å². The number of ketones is 1. The summed E-state index contributed by atoms with van der Waals surface area (Å²) in [5, 5.41) is 0.475. The minimum atomic E-state index is 0.0866. The normalized spacial score (nSPS) is 15.6. The van der Waals surface area contributed by atoms with Gasteiger partial charge < -0.3 is 9.64 Å². The van der Waals surface area contributed by atoms with Crippen molar-refractivity contribution in [3.05, 3.63) is 28.8 Å². The lowest BCUT2D eigenvalue weighted by Gasteiger charge is -2.20. The summed E-state index contributed by atoms with van der Waals surface area (Å²) in [6.07, 6.45) is 2.60. The van der Waals surface area contributed by atoms with Crippen molar-refractivity contribution in [1.82, 2.24) is 9.80 Å². The lowest BCUT2D eigenvalue weighted by Crippen LogP contribution is -2.34. The van der Waals surface area contributed by atoms with Crippen LogP contribution in [0.15, 0.2) is 18.2 Å². The number of ether oxygens (including phenoxy) is 1. The van der Waals surface area contributed by atoms with Crippen LogP contribution in [0, 0.1) is 0 Å². The molecule has 0 N–H and O–H groups in total. The molecule has 116 valence electrons. The molecule has 1 fully saturated rings. The van der Waals surface area contributed by atoms with E-state index in [1.807, 2.05) is 7.05 Å². The van der Waals surface area contributed by atoms with E-state index in [0.29, 0.717) is 22.9 Å². The van der Waals surface area contributed by atoms with Gasteiger partial charge in [0.25, 0.3) is 0 Å². The van der Waals surface area contributed by atoms with Gasteiger partial charge in [-0.15, -0.1) is 0 Å². The van der Waals surface area contributed by atoms with Crippen LogP contribution in [0.2, 0.25) is 5.02 Å². The van der Waals surface area contributed by atoms with E-state index >= 15 is 0 Å². The number of hydrogen-bond donors (Lipinski definition) is 0. The maximum absolute atomic E-state index is 12.2. The fraction of sp³-hybridized carbons (Fsp3) is 0.562. The first-order valence-corrected chi connectivity index (χ1v) is 7.75. The molecule has 1 saturated heterocycles. The molecule has 0 spiro atoms. The Kier molecular flexibility index (Phi) is 6.03. The maximum Gasteiger partial charge on any atom is 0.176 e. The summed E-state index contributed by atoms with van der Waals surface area (Å²) < 4.78 is 5.10. The first-order chi connectivity index (χ1) is 10.1. The van der Waals surface area contributed by atoms with Crippen molar-refractivity contribution in [2.45, 2.75) is 12.8 Å². The number of likely N-dealkylation sites (tertiary alicyclic amines) is 1. The largest absolute Gasteiger partial charge is 0.495 e. The van der Waals surface area contributed by atoms with Crippen molar-refractivity contribution in [3.8, 4) is 5.75 Å². The summed E-state index contributed by atoms with van der Waals surface area (Å²) in [5.74, 6) is 0.680. The van der Waals surface area contributed by atoms with Crippen LogP contribution in [0.3, 0.4) is 0 Å². The van der Waals surface area contributed by atoms with Crippen molar-refractivity contribution in [1.29, 1.82) is 0 Å². The number of carbonyl (C=O) groups excluding carboxylic acids is 1. The fourth-order valence-electron chi connectivity index (χ4n) is 2.57. The van der Waals surface area contributed by atoms with Gasteiger partial charge in [-0.2, -0.15) is 0 Å². The van der Waals surface area contributed by atoms with Gasteiger partial charge in [0.05, 0.1) is 18.7 Å². The SMILES string of the molecule is COc1ccc(C(=O)CN(C)CCN2CCCC2)cc1Cl. The van der Waals surface area contributed by atoms with Crippen molar-refractivity contribution in [2.75, 3.05) is 46.9 Å². The van der Waals surface area contributed by atoms with Crippen LogP contribution in [-0.2, 0) is 0 Å². The summed E-state index contributed by atoms with van der Waals surface area (Å²) in [6, 6.07) is 5.18. The second-order valence-corrected chi connectivity index (χ2v) is 5.97. The molecule has 1 aromatic rings. The monoisotopic (exact) mass is 310 g/mol. The highest BCUT2D eigenvalue weighted by molar-refractivity contribution is 6.32. The summed E-state index contributed by atoms with van der Waals surface area (Å²) in [5.41, 5.74) is 0.633. The lowest BCUT2D eigenvalue weighted by molar-refractivity contribution is 0.0941. The minimum Gasteiger partial charge on any atom is -0.495 e. The molecule has 0 unspecified atom stereocenters. The molecule has 1 heterocycles. The predicted molar refractivity (Wildman–Crippen MR) is 85.5 cm³/mol. The quantitative estimate of drug-likeness (QED) is 0.725. The second-order valence-electron chi connectivity index (χ2n) is 5.56. The molecule has 0 amide bonds. The smallest absolute Gasteiger partial charge is 0.176 e. The Morgan fingerprint density at radius 3 is 2.71 bits per heavy atom. The number of methoxy groups -OCH3 is 1. The van der Waals surface area contributed by atoms with E-state index in [2.05, 4.69) is 9.80 Å². The Morgan fingerprint density at radius 1 is 1.38 bits per heavy atom. The Hall–Kier alpha value is -1.10. The van der Waals surface area contributed by atoms with Gasteiger partial charge >= 0.3 is 0 Å². The predicted octanol–water partition coefficient (Wildman–Crippen LogP) is 2.56. The first kappa shape index (κ1) is 16.3. The summed E-state index contributed by atoms with van der Waals surface area (Å²) in [7, 11) is 3.55. The number of halogens is 1. The van der Waals surface area contributed by atoms with Crippen molar-refractivity contribution < 1.29 is 9.53 Å². The van der Waals surface area contributed by atoms with E-state index in [9.17, 15) is 4.79 Å². The van der Waals surface area contributed by atoms with Crippen LogP contribution in [0.5, 0.6) is 5.75 Å². The molecule has 4 nitrogen and oxygen atoms in total. The zero-order chi connectivity index (χ0) is 15.2. The molecule has 0 atom stereocenters. The van der Waals surface area contributed by atoms with Gasteiger partial charge in [-0.3, -0.25) is 9.69 Å². The summed E-state index contributed by atoms with van der Waals surface area (Å²) in [6.45, 7) is 4.74. The Balaban J connectivity index is 1.83. The van der Waals surface area contributed by atoms with E-state index in [1.54, 1.807) is 25.3 Å². The number of nitrogens with zero attached hydrogens (tertiary/aromatic N) is 2. The van der Waals surface area contributed by atoms with Crippen LogP contribution in [0.4, 0.5) is 0 Å². The first-order valence-electron chi connectivity index (χ1n) is 7.38. The Morgan fingerprint density at radius 2 is 2.10 bits per heavy atom. The van der Waals surface area contributed by atoms with Crippen molar-refractivity contribution in [3.63, 3.8) is 0 Å². The Labute approximate surface area is 131 Å². The molecule has 0 saturated carbocycles. The molecule has 1 aliphatic rings. The van der Waals surface area contributed by atoms with E-state index in [-0.39, 0.29) is 5.78 Å². The molecule has 21 heavy (non-hydrogen) atoms. The van der Waals surface area contributed by atoms with Crippen LogP contribution >= 0.6 is 11.6 Å². The van der Waals surface area contributed by atoms with Crippen molar-refractivity contribution >= 4 is 17.4 Å². The number of rotatable bonds is 7.